The highest BCUT2D eigenvalue weighted by Crippen LogP contribution is 2.17. The molecule has 0 saturated carbocycles. The third-order valence-electron chi connectivity index (χ3n) is 3.36. The van der Waals surface area contributed by atoms with Crippen molar-refractivity contribution in [3.63, 3.8) is 0 Å². The second kappa shape index (κ2) is 7.85. The number of carbonyl (C=O) groups excluding carboxylic acids is 1. The van der Waals surface area contributed by atoms with Crippen molar-refractivity contribution in [2.24, 2.45) is 4.99 Å². The van der Waals surface area contributed by atoms with Crippen molar-refractivity contribution >= 4 is 33.8 Å². The number of rotatable bonds is 4. The van der Waals surface area contributed by atoms with E-state index in [-0.39, 0.29) is 5.82 Å². The Balaban J connectivity index is 1.66. The molecule has 3 aromatic rings. The topological polar surface area (TPSA) is 38.7 Å². The summed E-state index contributed by atoms with van der Waals surface area (Å²) >= 11 is 3.38. The van der Waals surface area contributed by atoms with Crippen LogP contribution in [-0.4, -0.2) is 12.2 Å². The van der Waals surface area contributed by atoms with Crippen LogP contribution in [0.15, 0.2) is 82.3 Å². The van der Waals surface area contributed by atoms with E-state index in [2.05, 4.69) is 20.9 Å². The highest BCUT2D eigenvalue weighted by atomic mass is 79.9. The summed E-state index contributed by atoms with van der Waals surface area (Å²) in [6.45, 7) is 0. The molecule has 3 aromatic carbocycles. The molecule has 3 nitrogen and oxygen atoms in total. The van der Waals surface area contributed by atoms with Crippen molar-refractivity contribution in [2.45, 2.75) is 0 Å². The Bertz CT molecular complexity index is 888. The van der Waals surface area contributed by atoms with Gasteiger partial charge < -0.3 is 4.74 Å². The van der Waals surface area contributed by atoms with Gasteiger partial charge in [0.05, 0.1) is 11.3 Å². The van der Waals surface area contributed by atoms with Gasteiger partial charge in [-0.2, -0.15) is 0 Å². The maximum atomic E-state index is 12.9. The first-order valence-corrected chi connectivity index (χ1v) is 8.27. The summed E-state index contributed by atoms with van der Waals surface area (Å²) in [4.78, 5) is 16.4. The van der Waals surface area contributed by atoms with Gasteiger partial charge in [-0.3, -0.25) is 4.99 Å². The molecule has 0 radical (unpaired) electrons. The molecule has 0 amide bonds. The van der Waals surface area contributed by atoms with Crippen LogP contribution in [-0.2, 0) is 0 Å². The van der Waals surface area contributed by atoms with Gasteiger partial charge in [0.1, 0.15) is 11.6 Å². The number of halogens is 2. The molecule has 0 spiro atoms. The van der Waals surface area contributed by atoms with Crippen LogP contribution in [0.3, 0.4) is 0 Å². The molecule has 0 heterocycles. The first-order valence-electron chi connectivity index (χ1n) is 7.47. The highest BCUT2D eigenvalue weighted by Gasteiger charge is 2.08. The summed E-state index contributed by atoms with van der Waals surface area (Å²) in [5.74, 6) is -0.579. The smallest absolute Gasteiger partial charge is 0.343 e. The lowest BCUT2D eigenvalue weighted by Gasteiger charge is -2.04. The third kappa shape index (κ3) is 4.84. The monoisotopic (exact) mass is 397 g/mol. The molecule has 124 valence electrons. The van der Waals surface area contributed by atoms with Gasteiger partial charge in [0.25, 0.3) is 0 Å². The van der Waals surface area contributed by atoms with Gasteiger partial charge in [-0.1, -0.05) is 28.1 Å². The minimum atomic E-state index is -0.497. The van der Waals surface area contributed by atoms with E-state index >= 15 is 0 Å². The Labute approximate surface area is 152 Å². The fraction of sp³-hybridized carbons (Fsp3) is 0. The van der Waals surface area contributed by atoms with E-state index in [9.17, 15) is 9.18 Å². The van der Waals surface area contributed by atoms with Crippen molar-refractivity contribution < 1.29 is 13.9 Å². The molecule has 0 aromatic heterocycles. The number of esters is 1. The number of hydrogen-bond acceptors (Lipinski definition) is 3. The molecule has 0 atom stereocenters. The summed E-state index contributed by atoms with van der Waals surface area (Å²) < 4.78 is 19.0. The number of hydrogen-bond donors (Lipinski definition) is 0. The van der Waals surface area contributed by atoms with E-state index in [1.54, 1.807) is 30.5 Å². The predicted molar refractivity (Wildman–Crippen MR) is 99.2 cm³/mol. The van der Waals surface area contributed by atoms with Gasteiger partial charge in [-0.25, -0.2) is 9.18 Å². The van der Waals surface area contributed by atoms with Gasteiger partial charge in [-0.15, -0.1) is 0 Å². The number of ether oxygens (including phenoxy) is 1. The Morgan fingerprint density at radius 1 is 0.920 bits per heavy atom. The highest BCUT2D eigenvalue weighted by molar-refractivity contribution is 9.10. The van der Waals surface area contributed by atoms with Crippen LogP contribution in [0.25, 0.3) is 0 Å². The van der Waals surface area contributed by atoms with Crippen molar-refractivity contribution in [3.05, 3.63) is 94.2 Å². The van der Waals surface area contributed by atoms with Crippen LogP contribution in [0.2, 0.25) is 0 Å². The molecular formula is C20H13BrFNO2. The van der Waals surface area contributed by atoms with E-state index in [0.29, 0.717) is 11.3 Å². The Morgan fingerprint density at radius 3 is 2.20 bits per heavy atom. The number of carbonyl (C=O) groups is 1. The molecule has 25 heavy (non-hydrogen) atoms. The summed E-state index contributed by atoms with van der Waals surface area (Å²) in [7, 11) is 0. The van der Waals surface area contributed by atoms with E-state index in [1.807, 2.05) is 24.3 Å². The molecule has 0 unspecified atom stereocenters. The summed E-state index contributed by atoms with van der Waals surface area (Å²) in [5, 5.41) is 0. The van der Waals surface area contributed by atoms with Crippen molar-refractivity contribution in [1.29, 1.82) is 0 Å². The molecular weight excluding hydrogens is 385 g/mol. The molecule has 0 bridgehead atoms. The maximum Gasteiger partial charge on any atom is 0.343 e. The fourth-order valence-corrected chi connectivity index (χ4v) is 2.31. The van der Waals surface area contributed by atoms with Crippen LogP contribution < -0.4 is 4.74 Å². The van der Waals surface area contributed by atoms with Crippen LogP contribution in [0.4, 0.5) is 10.1 Å². The third-order valence-corrected chi connectivity index (χ3v) is 3.89. The molecule has 0 N–H and O–H groups in total. The lowest BCUT2D eigenvalue weighted by Crippen LogP contribution is -2.08. The van der Waals surface area contributed by atoms with Crippen molar-refractivity contribution in [3.8, 4) is 5.75 Å². The molecule has 0 aliphatic carbocycles. The Kier molecular flexibility index (Phi) is 5.36. The van der Waals surface area contributed by atoms with Crippen LogP contribution >= 0.6 is 15.9 Å². The normalized spacial score (nSPS) is 10.8. The van der Waals surface area contributed by atoms with Crippen LogP contribution in [0.5, 0.6) is 5.75 Å². The van der Waals surface area contributed by atoms with Gasteiger partial charge >= 0.3 is 5.97 Å². The van der Waals surface area contributed by atoms with E-state index in [0.717, 1.165) is 15.7 Å². The van der Waals surface area contributed by atoms with Gasteiger partial charge in [0.2, 0.25) is 0 Å². The summed E-state index contributed by atoms with van der Waals surface area (Å²) in [6, 6.07) is 19.8. The zero-order valence-corrected chi connectivity index (χ0v) is 14.6. The average molecular weight is 398 g/mol. The lowest BCUT2D eigenvalue weighted by atomic mass is 10.1. The van der Waals surface area contributed by atoms with Crippen molar-refractivity contribution in [2.75, 3.05) is 0 Å². The largest absolute Gasteiger partial charge is 0.423 e. The van der Waals surface area contributed by atoms with Crippen molar-refractivity contribution in [1.82, 2.24) is 0 Å². The first kappa shape index (κ1) is 17.0. The maximum absolute atomic E-state index is 12.9. The fourth-order valence-electron chi connectivity index (χ4n) is 2.05. The zero-order valence-electron chi connectivity index (χ0n) is 13.0. The standard InChI is InChI=1S/C20H13BrFNO2/c21-16-5-9-18(10-6-16)23-13-14-1-3-15(4-2-14)20(24)25-19-11-7-17(22)8-12-19/h1-13H. The van der Waals surface area contributed by atoms with Crippen LogP contribution in [0, 0.1) is 5.82 Å². The Hall–Kier alpha value is -2.79. The summed E-state index contributed by atoms with van der Waals surface area (Å²) in [5.41, 5.74) is 2.11. The van der Waals surface area contributed by atoms with E-state index < -0.39 is 5.97 Å². The number of nitrogens with zero attached hydrogens (tertiary/aromatic N) is 1. The molecule has 0 fully saturated rings. The second-order valence-electron chi connectivity index (χ2n) is 5.20. The lowest BCUT2D eigenvalue weighted by molar-refractivity contribution is 0.0734. The minimum Gasteiger partial charge on any atom is -0.423 e. The number of benzene rings is 3. The molecule has 0 saturated heterocycles. The minimum absolute atomic E-state index is 0.298. The summed E-state index contributed by atoms with van der Waals surface area (Å²) in [6.07, 6.45) is 1.72. The predicted octanol–water partition coefficient (Wildman–Crippen LogP) is 5.56. The quantitative estimate of drug-likeness (QED) is 0.328. The van der Waals surface area contributed by atoms with E-state index in [1.165, 1.54) is 24.3 Å². The van der Waals surface area contributed by atoms with Gasteiger partial charge in [-0.05, 0) is 66.2 Å². The molecule has 5 heteroatoms. The molecule has 3 rings (SSSR count). The van der Waals surface area contributed by atoms with Gasteiger partial charge in [0.15, 0.2) is 0 Å². The number of aliphatic imine (C=N–C) groups is 1. The second-order valence-corrected chi connectivity index (χ2v) is 6.12. The first-order chi connectivity index (χ1) is 12.1. The molecule has 0 aliphatic heterocycles. The average Bonchev–Trinajstić information content (AvgIpc) is 2.63. The van der Waals surface area contributed by atoms with E-state index in [4.69, 9.17) is 4.74 Å². The molecule has 0 aliphatic rings. The van der Waals surface area contributed by atoms with Gasteiger partial charge in [0, 0.05) is 10.7 Å². The van der Waals surface area contributed by atoms with Crippen LogP contribution in [0.1, 0.15) is 15.9 Å². The Morgan fingerprint density at radius 2 is 1.56 bits per heavy atom. The SMILES string of the molecule is O=C(Oc1ccc(F)cc1)c1ccc(C=Nc2ccc(Br)cc2)cc1. The zero-order chi connectivity index (χ0) is 17.6.